The fourth-order valence-corrected chi connectivity index (χ4v) is 4.37. The number of para-hydroxylation sites is 1. The van der Waals surface area contributed by atoms with Gasteiger partial charge in [0.25, 0.3) is 5.91 Å². The molecule has 0 saturated carbocycles. The molecule has 1 aromatic carbocycles. The number of fused-ring (bicyclic) bond motifs is 2. The van der Waals surface area contributed by atoms with Gasteiger partial charge in [0, 0.05) is 31.9 Å². The minimum Gasteiger partial charge on any atom is -0.483 e. The molecule has 3 heterocycles. The zero-order valence-electron chi connectivity index (χ0n) is 16.2. The first-order valence-corrected chi connectivity index (χ1v) is 10.3. The molecule has 1 N–H and O–H groups in total. The zero-order chi connectivity index (χ0) is 19.2. The van der Waals surface area contributed by atoms with Crippen LogP contribution in [0.5, 0.6) is 5.75 Å². The van der Waals surface area contributed by atoms with E-state index in [0.717, 1.165) is 57.5 Å². The van der Waals surface area contributed by atoms with Crippen molar-refractivity contribution in [3.63, 3.8) is 0 Å². The Kier molecular flexibility index (Phi) is 6.17. The van der Waals surface area contributed by atoms with Crippen molar-refractivity contribution in [1.29, 1.82) is 0 Å². The van der Waals surface area contributed by atoms with Crippen LogP contribution in [0.2, 0.25) is 0 Å². The summed E-state index contributed by atoms with van der Waals surface area (Å²) in [7, 11) is 0. The minimum absolute atomic E-state index is 0.0165. The molecule has 0 spiro atoms. The molecule has 6 nitrogen and oxygen atoms in total. The number of ether oxygens (including phenoxy) is 1. The Hall–Kier alpha value is -2.47. The second-order valence-electron chi connectivity index (χ2n) is 7.85. The molecular formula is C22H28N4O2. The van der Waals surface area contributed by atoms with E-state index in [9.17, 15) is 4.79 Å². The van der Waals surface area contributed by atoms with Gasteiger partial charge in [-0.15, -0.1) is 0 Å². The summed E-state index contributed by atoms with van der Waals surface area (Å²) in [5.41, 5.74) is 2.39. The largest absolute Gasteiger partial charge is 0.483 e. The quantitative estimate of drug-likeness (QED) is 0.867. The number of likely N-dealkylation sites (tertiary alicyclic amines) is 1. The van der Waals surface area contributed by atoms with Crippen molar-refractivity contribution in [3.8, 4) is 5.75 Å². The van der Waals surface area contributed by atoms with E-state index in [0.29, 0.717) is 5.92 Å². The number of rotatable bonds is 2. The van der Waals surface area contributed by atoms with Gasteiger partial charge >= 0.3 is 0 Å². The normalized spacial score (nSPS) is 23.9. The van der Waals surface area contributed by atoms with Gasteiger partial charge in [0.15, 0.2) is 6.61 Å². The minimum atomic E-state index is -0.0165. The molecule has 2 atom stereocenters. The SMILES string of the molecule is O=C1COc2ccccc2CCCC[C@H]2CN(Cc3ccnnc3)CC[C@H]2N1. The molecule has 0 unspecified atom stereocenters. The van der Waals surface area contributed by atoms with Crippen LogP contribution in [0.25, 0.3) is 0 Å². The molecule has 1 aromatic heterocycles. The number of amides is 1. The summed E-state index contributed by atoms with van der Waals surface area (Å²) < 4.78 is 5.82. The first-order valence-electron chi connectivity index (χ1n) is 10.3. The van der Waals surface area contributed by atoms with Crippen molar-refractivity contribution in [2.75, 3.05) is 19.7 Å². The Morgan fingerprint density at radius 2 is 2.07 bits per heavy atom. The highest BCUT2D eigenvalue weighted by molar-refractivity contribution is 5.78. The average Bonchev–Trinajstić information content (AvgIpc) is 2.72. The van der Waals surface area contributed by atoms with E-state index in [1.54, 1.807) is 6.20 Å². The van der Waals surface area contributed by atoms with Crippen molar-refractivity contribution >= 4 is 5.91 Å². The molecule has 0 bridgehead atoms. The molecule has 2 aromatic rings. The molecule has 1 fully saturated rings. The smallest absolute Gasteiger partial charge is 0.258 e. The molecule has 148 valence electrons. The second kappa shape index (κ2) is 9.15. The van der Waals surface area contributed by atoms with Crippen LogP contribution in [0.4, 0.5) is 0 Å². The Labute approximate surface area is 166 Å². The summed E-state index contributed by atoms with van der Waals surface area (Å²) in [6.07, 6.45) is 9.01. The van der Waals surface area contributed by atoms with Gasteiger partial charge in [-0.05, 0) is 54.9 Å². The molecule has 0 radical (unpaired) electrons. The highest BCUT2D eigenvalue weighted by Gasteiger charge is 2.30. The third-order valence-electron chi connectivity index (χ3n) is 5.82. The number of carbonyl (C=O) groups is 1. The van der Waals surface area contributed by atoms with E-state index in [-0.39, 0.29) is 18.6 Å². The van der Waals surface area contributed by atoms with Crippen LogP contribution in [-0.4, -0.2) is 46.7 Å². The maximum Gasteiger partial charge on any atom is 0.258 e. The molecule has 28 heavy (non-hydrogen) atoms. The van der Waals surface area contributed by atoms with Crippen molar-refractivity contribution in [2.24, 2.45) is 5.92 Å². The fourth-order valence-electron chi connectivity index (χ4n) is 4.37. The van der Waals surface area contributed by atoms with E-state index in [1.807, 2.05) is 30.5 Å². The van der Waals surface area contributed by atoms with E-state index in [2.05, 4.69) is 26.5 Å². The molecule has 1 amide bonds. The van der Waals surface area contributed by atoms with Crippen LogP contribution in [0.15, 0.2) is 42.7 Å². The molecule has 6 heteroatoms. The molecule has 1 saturated heterocycles. The summed E-state index contributed by atoms with van der Waals surface area (Å²) in [6.45, 7) is 2.97. The van der Waals surface area contributed by atoms with Gasteiger partial charge < -0.3 is 10.1 Å². The number of carbonyl (C=O) groups excluding carboxylic acids is 1. The van der Waals surface area contributed by atoms with Gasteiger partial charge in [-0.1, -0.05) is 24.6 Å². The highest BCUT2D eigenvalue weighted by atomic mass is 16.5. The average molecular weight is 380 g/mol. The maximum absolute atomic E-state index is 12.5. The fraction of sp³-hybridized carbons (Fsp3) is 0.500. The standard InChI is InChI=1S/C22H28N4O2/c27-22-16-28-21-8-4-3-6-18(21)5-1-2-7-19-15-26(12-10-20(19)25-22)14-17-9-11-23-24-13-17/h3-4,6,8-9,11,13,19-20H,1-2,5,7,10,12,14-16H2,(H,25,27)/t19-,20+/m0/s1. The first kappa shape index (κ1) is 18.9. The number of nitrogens with zero attached hydrogens (tertiary/aromatic N) is 3. The monoisotopic (exact) mass is 380 g/mol. The Morgan fingerprint density at radius 3 is 2.96 bits per heavy atom. The summed E-state index contributed by atoms with van der Waals surface area (Å²) in [6, 6.07) is 10.3. The number of piperidine rings is 1. The number of benzene rings is 1. The lowest BCUT2D eigenvalue weighted by molar-refractivity contribution is -0.124. The predicted molar refractivity (Wildman–Crippen MR) is 107 cm³/mol. The molecule has 4 rings (SSSR count). The topological polar surface area (TPSA) is 67.3 Å². The van der Waals surface area contributed by atoms with Crippen LogP contribution in [0.3, 0.4) is 0 Å². The van der Waals surface area contributed by atoms with E-state index in [1.165, 1.54) is 11.1 Å². The number of nitrogens with one attached hydrogen (secondary N) is 1. The molecule has 2 aliphatic rings. The first-order chi connectivity index (χ1) is 13.8. The van der Waals surface area contributed by atoms with Gasteiger partial charge in [0.2, 0.25) is 0 Å². The van der Waals surface area contributed by atoms with Gasteiger partial charge in [-0.25, -0.2) is 0 Å². The summed E-state index contributed by atoms with van der Waals surface area (Å²) >= 11 is 0. The van der Waals surface area contributed by atoms with E-state index < -0.39 is 0 Å². The van der Waals surface area contributed by atoms with Crippen LogP contribution in [0.1, 0.15) is 36.8 Å². The Morgan fingerprint density at radius 1 is 1.14 bits per heavy atom. The van der Waals surface area contributed by atoms with Gasteiger partial charge in [0.05, 0.1) is 6.20 Å². The van der Waals surface area contributed by atoms with E-state index in [4.69, 9.17) is 4.74 Å². The van der Waals surface area contributed by atoms with Crippen LogP contribution < -0.4 is 10.1 Å². The van der Waals surface area contributed by atoms with Gasteiger partial charge in [-0.2, -0.15) is 10.2 Å². The lowest BCUT2D eigenvalue weighted by Gasteiger charge is -2.39. The molecule has 2 aliphatic heterocycles. The summed E-state index contributed by atoms with van der Waals surface area (Å²) in [5, 5.41) is 11.1. The lowest BCUT2D eigenvalue weighted by Crippen LogP contribution is -2.51. The number of aryl methyl sites for hydroxylation is 1. The number of aromatic nitrogens is 2. The van der Waals surface area contributed by atoms with Gasteiger partial charge in [0.1, 0.15) is 5.75 Å². The number of hydrogen-bond acceptors (Lipinski definition) is 5. The lowest BCUT2D eigenvalue weighted by atomic mass is 9.87. The third-order valence-corrected chi connectivity index (χ3v) is 5.82. The van der Waals surface area contributed by atoms with Crippen molar-refractivity contribution in [1.82, 2.24) is 20.4 Å². The van der Waals surface area contributed by atoms with Crippen molar-refractivity contribution in [2.45, 2.75) is 44.7 Å². The Bertz CT molecular complexity index is 783. The Balaban J connectivity index is 1.41. The molecule has 0 aliphatic carbocycles. The molecular weight excluding hydrogens is 352 g/mol. The van der Waals surface area contributed by atoms with Crippen LogP contribution >= 0.6 is 0 Å². The highest BCUT2D eigenvalue weighted by Crippen LogP contribution is 2.26. The summed E-state index contributed by atoms with van der Waals surface area (Å²) in [5.74, 6) is 1.30. The van der Waals surface area contributed by atoms with Crippen LogP contribution in [-0.2, 0) is 17.8 Å². The second-order valence-corrected chi connectivity index (χ2v) is 7.85. The summed E-state index contributed by atoms with van der Waals surface area (Å²) in [4.78, 5) is 14.9. The predicted octanol–water partition coefficient (Wildman–Crippen LogP) is 2.59. The van der Waals surface area contributed by atoms with Crippen LogP contribution in [0, 0.1) is 5.92 Å². The maximum atomic E-state index is 12.5. The van der Waals surface area contributed by atoms with E-state index >= 15 is 0 Å². The van der Waals surface area contributed by atoms with Gasteiger partial charge in [-0.3, -0.25) is 9.69 Å². The zero-order valence-corrected chi connectivity index (χ0v) is 16.2. The third kappa shape index (κ3) is 4.87. The number of hydrogen-bond donors (Lipinski definition) is 1. The van der Waals surface area contributed by atoms with Crippen molar-refractivity contribution in [3.05, 3.63) is 53.9 Å². The van der Waals surface area contributed by atoms with Crippen molar-refractivity contribution < 1.29 is 9.53 Å².